The third-order valence-corrected chi connectivity index (χ3v) is 3.85. The molecule has 128 valence electrons. The molecule has 0 aromatic heterocycles. The van der Waals surface area contributed by atoms with Crippen LogP contribution in [0.2, 0.25) is 0 Å². The molecule has 2 aromatic rings. The summed E-state index contributed by atoms with van der Waals surface area (Å²) in [5, 5.41) is 14.2. The summed E-state index contributed by atoms with van der Waals surface area (Å²) in [5.41, 5.74) is 1.79. The van der Waals surface area contributed by atoms with Crippen molar-refractivity contribution in [2.45, 2.75) is 19.0 Å². The highest BCUT2D eigenvalue weighted by Gasteiger charge is 2.24. The van der Waals surface area contributed by atoms with Gasteiger partial charge in [0.15, 0.2) is 11.6 Å². The maximum atomic E-state index is 13.6. The molecule has 7 heteroatoms. The van der Waals surface area contributed by atoms with Crippen molar-refractivity contribution in [2.24, 2.45) is 0 Å². The van der Waals surface area contributed by atoms with Gasteiger partial charge in [-0.05, 0) is 30.2 Å². The van der Waals surface area contributed by atoms with Crippen LogP contribution in [0.25, 0.3) is 0 Å². The zero-order valence-corrected chi connectivity index (χ0v) is 13.2. The molecule has 0 saturated carbocycles. The van der Waals surface area contributed by atoms with E-state index in [0.717, 1.165) is 11.6 Å². The van der Waals surface area contributed by atoms with Gasteiger partial charge in [0.2, 0.25) is 0 Å². The molecule has 2 amide bonds. The average molecular weight is 343 g/mol. The van der Waals surface area contributed by atoms with Crippen LogP contribution in [0.4, 0.5) is 13.6 Å². The largest absolute Gasteiger partial charge is 0.488 e. The van der Waals surface area contributed by atoms with Gasteiger partial charge in [0.25, 0.3) is 0 Å². The first-order valence-electron chi connectivity index (χ1n) is 7.69. The van der Waals surface area contributed by atoms with Crippen LogP contribution in [0.1, 0.15) is 16.7 Å². The summed E-state index contributed by atoms with van der Waals surface area (Å²) >= 11 is 0. The van der Waals surface area contributed by atoms with Crippen molar-refractivity contribution in [3.8, 4) is 11.8 Å². The topological polar surface area (TPSA) is 74.2 Å². The van der Waals surface area contributed by atoms with Crippen LogP contribution >= 0.6 is 0 Å². The molecule has 0 fully saturated rings. The van der Waals surface area contributed by atoms with Gasteiger partial charge in [-0.1, -0.05) is 12.1 Å². The Labute approximate surface area is 143 Å². The second-order valence-corrected chi connectivity index (χ2v) is 5.72. The summed E-state index contributed by atoms with van der Waals surface area (Å²) in [5.74, 6) is -1.37. The molecule has 2 N–H and O–H groups in total. The van der Waals surface area contributed by atoms with E-state index in [1.54, 1.807) is 24.3 Å². The number of nitriles is 1. The second-order valence-electron chi connectivity index (χ2n) is 5.72. The zero-order chi connectivity index (χ0) is 17.8. The van der Waals surface area contributed by atoms with E-state index in [4.69, 9.17) is 10.00 Å². The lowest BCUT2D eigenvalue weighted by Crippen LogP contribution is -2.47. The third-order valence-electron chi connectivity index (χ3n) is 3.85. The number of hydrogen-bond donors (Lipinski definition) is 2. The van der Waals surface area contributed by atoms with E-state index in [0.29, 0.717) is 17.7 Å². The molecule has 1 aliphatic heterocycles. The second kappa shape index (κ2) is 7.18. The van der Waals surface area contributed by atoms with Gasteiger partial charge in [-0.15, -0.1) is 0 Å². The van der Waals surface area contributed by atoms with Gasteiger partial charge in [-0.2, -0.15) is 5.26 Å². The summed E-state index contributed by atoms with van der Waals surface area (Å²) in [6.07, 6.45) is 0.286. The SMILES string of the molecule is N#Cc1ccc(CNC(=O)NC2COc3c(F)cc(F)cc3C2)cc1. The van der Waals surface area contributed by atoms with Crippen LogP contribution in [0.3, 0.4) is 0 Å². The molecule has 0 radical (unpaired) electrons. The predicted octanol–water partition coefficient (Wildman–Crippen LogP) is 2.64. The predicted molar refractivity (Wildman–Crippen MR) is 85.9 cm³/mol. The lowest BCUT2D eigenvalue weighted by molar-refractivity contribution is 0.209. The Morgan fingerprint density at radius 1 is 1.28 bits per heavy atom. The van der Waals surface area contributed by atoms with Crippen LogP contribution in [-0.4, -0.2) is 18.7 Å². The molecule has 0 aliphatic carbocycles. The first-order chi connectivity index (χ1) is 12.0. The molecule has 0 bridgehead atoms. The summed E-state index contributed by atoms with van der Waals surface area (Å²) in [7, 11) is 0. The molecule has 0 spiro atoms. The van der Waals surface area contributed by atoms with Crippen molar-refractivity contribution in [3.05, 3.63) is 64.7 Å². The van der Waals surface area contributed by atoms with E-state index in [2.05, 4.69) is 10.6 Å². The minimum Gasteiger partial charge on any atom is -0.488 e. The smallest absolute Gasteiger partial charge is 0.315 e. The number of nitrogens with one attached hydrogen (secondary N) is 2. The van der Waals surface area contributed by atoms with Crippen molar-refractivity contribution in [3.63, 3.8) is 0 Å². The van der Waals surface area contributed by atoms with E-state index in [1.807, 2.05) is 6.07 Å². The summed E-state index contributed by atoms with van der Waals surface area (Å²) in [6, 6.07) is 10.1. The van der Waals surface area contributed by atoms with Crippen LogP contribution in [0.15, 0.2) is 36.4 Å². The quantitative estimate of drug-likeness (QED) is 0.900. The van der Waals surface area contributed by atoms with Gasteiger partial charge in [0, 0.05) is 18.2 Å². The number of amides is 2. The number of halogens is 2. The Balaban J connectivity index is 1.54. The van der Waals surface area contributed by atoms with Crippen LogP contribution in [0.5, 0.6) is 5.75 Å². The van der Waals surface area contributed by atoms with Crippen LogP contribution in [0, 0.1) is 23.0 Å². The van der Waals surface area contributed by atoms with Crippen LogP contribution < -0.4 is 15.4 Å². The highest BCUT2D eigenvalue weighted by molar-refractivity contribution is 5.74. The number of carbonyl (C=O) groups excluding carboxylic acids is 1. The summed E-state index contributed by atoms with van der Waals surface area (Å²) in [4.78, 5) is 12.0. The fourth-order valence-corrected chi connectivity index (χ4v) is 2.64. The molecule has 0 saturated heterocycles. The Morgan fingerprint density at radius 3 is 2.76 bits per heavy atom. The Bertz CT molecular complexity index is 831. The molecule has 25 heavy (non-hydrogen) atoms. The zero-order valence-electron chi connectivity index (χ0n) is 13.2. The molecular formula is C18H15F2N3O2. The van der Waals surface area contributed by atoms with Crippen molar-refractivity contribution >= 4 is 6.03 Å². The van der Waals surface area contributed by atoms with Crippen LogP contribution in [-0.2, 0) is 13.0 Å². The van der Waals surface area contributed by atoms with Crippen molar-refractivity contribution in [2.75, 3.05) is 6.61 Å². The van der Waals surface area contributed by atoms with Gasteiger partial charge in [-0.25, -0.2) is 13.6 Å². The average Bonchev–Trinajstić information content (AvgIpc) is 2.60. The standard InChI is InChI=1S/C18H15F2N3O2/c19-14-5-13-6-15(10-25-17(13)16(20)7-14)23-18(24)22-9-12-3-1-11(8-21)2-4-12/h1-5,7,15H,6,9-10H2,(H2,22,23,24). The lowest BCUT2D eigenvalue weighted by atomic mass is 10.0. The van der Waals surface area contributed by atoms with Gasteiger partial charge in [0.1, 0.15) is 12.4 Å². The Kier molecular flexibility index (Phi) is 4.80. The van der Waals surface area contributed by atoms with E-state index in [-0.39, 0.29) is 24.8 Å². The van der Waals surface area contributed by atoms with Crippen molar-refractivity contribution in [1.29, 1.82) is 5.26 Å². The first kappa shape index (κ1) is 16.7. The number of rotatable bonds is 3. The van der Waals surface area contributed by atoms with Crippen molar-refractivity contribution < 1.29 is 18.3 Å². The summed E-state index contributed by atoms with van der Waals surface area (Å²) in [6.45, 7) is 0.408. The molecule has 1 heterocycles. The van der Waals surface area contributed by atoms with Crippen molar-refractivity contribution in [1.82, 2.24) is 10.6 Å². The first-order valence-corrected chi connectivity index (χ1v) is 7.69. The minimum atomic E-state index is -0.737. The number of nitrogens with zero attached hydrogens (tertiary/aromatic N) is 1. The normalized spacial score (nSPS) is 15.5. The van der Waals surface area contributed by atoms with Gasteiger partial charge >= 0.3 is 6.03 Å². The number of urea groups is 1. The number of hydrogen-bond acceptors (Lipinski definition) is 3. The molecule has 1 aliphatic rings. The number of benzene rings is 2. The Hall–Kier alpha value is -3.14. The monoisotopic (exact) mass is 343 g/mol. The third kappa shape index (κ3) is 4.04. The van der Waals surface area contributed by atoms with Gasteiger partial charge in [0.05, 0.1) is 17.7 Å². The number of fused-ring (bicyclic) bond motifs is 1. The maximum Gasteiger partial charge on any atom is 0.315 e. The summed E-state index contributed by atoms with van der Waals surface area (Å²) < 4.78 is 32.2. The molecule has 1 atom stereocenters. The van der Waals surface area contributed by atoms with Gasteiger partial charge in [-0.3, -0.25) is 0 Å². The fourth-order valence-electron chi connectivity index (χ4n) is 2.64. The molecule has 5 nitrogen and oxygen atoms in total. The van der Waals surface area contributed by atoms with Gasteiger partial charge < -0.3 is 15.4 Å². The number of carbonyl (C=O) groups is 1. The molecule has 2 aromatic carbocycles. The molecular weight excluding hydrogens is 328 g/mol. The number of ether oxygens (including phenoxy) is 1. The van der Waals surface area contributed by atoms with E-state index < -0.39 is 17.7 Å². The maximum absolute atomic E-state index is 13.6. The highest BCUT2D eigenvalue weighted by atomic mass is 19.1. The molecule has 1 unspecified atom stereocenters. The Morgan fingerprint density at radius 2 is 2.04 bits per heavy atom. The minimum absolute atomic E-state index is 0.0393. The van der Waals surface area contributed by atoms with E-state index in [9.17, 15) is 13.6 Å². The molecule has 3 rings (SSSR count). The lowest BCUT2D eigenvalue weighted by Gasteiger charge is -2.26. The van der Waals surface area contributed by atoms with E-state index >= 15 is 0 Å². The van der Waals surface area contributed by atoms with E-state index in [1.165, 1.54) is 6.07 Å². The highest BCUT2D eigenvalue weighted by Crippen LogP contribution is 2.28. The fraction of sp³-hybridized carbons (Fsp3) is 0.222.